The van der Waals surface area contributed by atoms with Crippen LogP contribution in [0.2, 0.25) is 0 Å². The second-order valence-corrected chi connectivity index (χ2v) is 12.2. The number of rotatable bonds is 18. The molecule has 0 bridgehead atoms. The quantitative estimate of drug-likeness (QED) is 0.151. The third kappa shape index (κ3) is 11.6. The Morgan fingerprint density at radius 1 is 0.796 bits per heavy atom. The Bertz CT molecular complexity index is 1540. The van der Waals surface area contributed by atoms with Crippen LogP contribution in [0.5, 0.6) is 11.5 Å². The van der Waals surface area contributed by atoms with Crippen molar-refractivity contribution in [3.63, 3.8) is 0 Å². The zero-order valence-electron chi connectivity index (χ0n) is 29.1. The van der Waals surface area contributed by atoms with E-state index in [1.54, 1.807) is 36.4 Å². The maximum atomic E-state index is 13.5. The Morgan fingerprint density at radius 2 is 1.51 bits per heavy atom. The Morgan fingerprint density at radius 3 is 2.29 bits per heavy atom. The summed E-state index contributed by atoms with van der Waals surface area (Å²) in [4.78, 5) is 43.5. The van der Waals surface area contributed by atoms with Crippen LogP contribution in [0, 0.1) is 6.92 Å². The van der Waals surface area contributed by atoms with Gasteiger partial charge < -0.3 is 40.4 Å². The van der Waals surface area contributed by atoms with E-state index in [9.17, 15) is 14.4 Å². The molecular formula is C38H51N5O6. The Labute approximate surface area is 290 Å². The van der Waals surface area contributed by atoms with Gasteiger partial charge in [0.1, 0.15) is 11.5 Å². The number of unbranched alkanes of at least 4 members (excludes halogenated alkanes) is 2. The highest BCUT2D eigenvalue weighted by molar-refractivity contribution is 6.08. The molecule has 1 heterocycles. The summed E-state index contributed by atoms with van der Waals surface area (Å²) in [6.45, 7) is 9.37. The third-order valence-electron chi connectivity index (χ3n) is 8.35. The van der Waals surface area contributed by atoms with Gasteiger partial charge in [0, 0.05) is 56.0 Å². The number of benzene rings is 3. The van der Waals surface area contributed by atoms with Crippen molar-refractivity contribution in [2.75, 3.05) is 70.2 Å². The van der Waals surface area contributed by atoms with Gasteiger partial charge in [-0.2, -0.15) is 0 Å². The van der Waals surface area contributed by atoms with Crippen molar-refractivity contribution in [2.24, 2.45) is 5.73 Å². The fourth-order valence-corrected chi connectivity index (χ4v) is 5.42. The van der Waals surface area contributed by atoms with Gasteiger partial charge in [0.25, 0.3) is 11.8 Å². The first kappa shape index (κ1) is 37.4. The van der Waals surface area contributed by atoms with Crippen molar-refractivity contribution in [1.82, 2.24) is 9.80 Å². The number of likely N-dealkylation sites (N-methyl/N-ethyl adjacent to an activating group) is 1. The molecule has 11 heteroatoms. The van der Waals surface area contributed by atoms with Gasteiger partial charge in [-0.05, 0) is 101 Å². The molecule has 0 unspecified atom stereocenters. The third-order valence-corrected chi connectivity index (χ3v) is 8.35. The van der Waals surface area contributed by atoms with Crippen LogP contribution in [-0.2, 0) is 16.1 Å². The van der Waals surface area contributed by atoms with Crippen molar-refractivity contribution in [3.8, 4) is 11.5 Å². The lowest BCUT2D eigenvalue weighted by molar-refractivity contribution is -0.132. The lowest BCUT2D eigenvalue weighted by Gasteiger charge is -2.32. The van der Waals surface area contributed by atoms with E-state index in [0.717, 1.165) is 51.0 Å². The molecule has 0 aliphatic carbocycles. The number of aryl methyl sites for hydroxylation is 1. The van der Waals surface area contributed by atoms with Crippen molar-refractivity contribution >= 4 is 29.1 Å². The summed E-state index contributed by atoms with van der Waals surface area (Å²) < 4.78 is 17.6. The molecule has 11 nitrogen and oxygen atoms in total. The highest BCUT2D eigenvalue weighted by Gasteiger charge is 2.19. The molecule has 264 valence electrons. The predicted octanol–water partition coefficient (Wildman–Crippen LogP) is 5.48. The molecule has 1 fully saturated rings. The lowest BCUT2D eigenvalue weighted by Crippen LogP contribution is -2.47. The van der Waals surface area contributed by atoms with Crippen LogP contribution in [0.1, 0.15) is 70.9 Å². The molecule has 4 rings (SSSR count). The van der Waals surface area contributed by atoms with Gasteiger partial charge >= 0.3 is 0 Å². The van der Waals surface area contributed by atoms with Crippen LogP contribution >= 0.6 is 0 Å². The molecule has 49 heavy (non-hydrogen) atoms. The highest BCUT2D eigenvalue weighted by Crippen LogP contribution is 2.28. The number of carbonyl (C=O) groups is 3. The predicted molar refractivity (Wildman–Crippen MR) is 193 cm³/mol. The fourth-order valence-electron chi connectivity index (χ4n) is 5.42. The Kier molecular flexibility index (Phi) is 14.9. The van der Waals surface area contributed by atoms with Crippen molar-refractivity contribution in [1.29, 1.82) is 0 Å². The van der Waals surface area contributed by atoms with Gasteiger partial charge in [0.15, 0.2) is 0 Å². The van der Waals surface area contributed by atoms with E-state index in [-0.39, 0.29) is 24.3 Å². The largest absolute Gasteiger partial charge is 0.493 e. The number of carbonyl (C=O) groups excluding carboxylic acids is 3. The monoisotopic (exact) mass is 673 g/mol. The second-order valence-electron chi connectivity index (χ2n) is 12.2. The van der Waals surface area contributed by atoms with Gasteiger partial charge in [-0.25, -0.2) is 0 Å². The molecule has 3 aromatic carbocycles. The normalized spacial score (nSPS) is 13.2. The van der Waals surface area contributed by atoms with Crippen molar-refractivity contribution < 1.29 is 28.6 Å². The highest BCUT2D eigenvalue weighted by atomic mass is 16.5. The number of ether oxygens (including phenoxy) is 3. The minimum Gasteiger partial charge on any atom is -0.493 e. The number of hydrogen-bond acceptors (Lipinski definition) is 8. The molecular weight excluding hydrogens is 622 g/mol. The van der Waals surface area contributed by atoms with E-state index < -0.39 is 0 Å². The van der Waals surface area contributed by atoms with Crippen LogP contribution in [0.25, 0.3) is 0 Å². The zero-order chi connectivity index (χ0) is 35.0. The number of hydrogen-bond donors (Lipinski definition) is 3. The minimum absolute atomic E-state index is 0.210. The summed E-state index contributed by atoms with van der Waals surface area (Å²) >= 11 is 0. The summed E-state index contributed by atoms with van der Waals surface area (Å²) in [5, 5.41) is 5.95. The first-order chi connectivity index (χ1) is 23.8. The van der Waals surface area contributed by atoms with E-state index >= 15 is 0 Å². The minimum atomic E-state index is -0.332. The van der Waals surface area contributed by atoms with Crippen LogP contribution < -0.4 is 25.8 Å². The van der Waals surface area contributed by atoms with Gasteiger partial charge in [0.05, 0.1) is 31.1 Å². The molecule has 0 saturated carbocycles. The average Bonchev–Trinajstić information content (AvgIpc) is 3.10. The maximum Gasteiger partial charge on any atom is 0.259 e. The van der Waals surface area contributed by atoms with Crippen LogP contribution in [-0.4, -0.2) is 87.1 Å². The molecule has 1 aliphatic rings. The number of nitrogens with zero attached hydrogens (tertiary/aromatic N) is 2. The first-order valence-electron chi connectivity index (χ1n) is 17.2. The summed E-state index contributed by atoms with van der Waals surface area (Å²) in [6.07, 6.45) is 3.73. The van der Waals surface area contributed by atoms with Crippen LogP contribution in [0.4, 0.5) is 11.4 Å². The average molecular weight is 674 g/mol. The van der Waals surface area contributed by atoms with Gasteiger partial charge in [-0.3, -0.25) is 14.4 Å². The van der Waals surface area contributed by atoms with Crippen molar-refractivity contribution in [3.05, 3.63) is 82.9 Å². The fraction of sp³-hybridized carbons (Fsp3) is 0.447. The number of nitrogens with two attached hydrogens (primary N) is 1. The molecule has 4 N–H and O–H groups in total. The second kappa shape index (κ2) is 19.5. The maximum absolute atomic E-state index is 13.5. The summed E-state index contributed by atoms with van der Waals surface area (Å²) in [6, 6.07) is 17.8. The molecule has 1 aliphatic heterocycles. The van der Waals surface area contributed by atoms with Crippen molar-refractivity contribution in [2.45, 2.75) is 52.6 Å². The van der Waals surface area contributed by atoms with Gasteiger partial charge in [-0.1, -0.05) is 18.2 Å². The standard InChI is InChI=1S/C38H51N5O6/c1-4-47-27-30-26-29(15-17-32(30)40-38(46)31-11-7-8-12-34(31)48-24-10-18-39)37(45)41-33-16-14-28(2)25-35(33)49-23-9-5-6-13-36(44)43-21-19-42(3)20-22-43/h7-8,11-12,14-17,25-26H,4-6,9-10,13,18-24,27,39H2,1-3H3,(H,40,46)(H,41,45). The number of anilines is 2. The van der Waals surface area contributed by atoms with E-state index in [0.29, 0.717) is 78.8 Å². The topological polar surface area (TPSA) is 135 Å². The SMILES string of the molecule is CCOCc1cc(C(=O)Nc2ccc(C)cc2OCCCCCC(=O)N2CCN(C)CC2)ccc1NC(=O)c1ccccc1OCCCN. The van der Waals surface area contributed by atoms with Crippen LogP contribution in [0.3, 0.4) is 0 Å². The molecule has 0 spiro atoms. The summed E-state index contributed by atoms with van der Waals surface area (Å²) in [7, 11) is 2.08. The van der Waals surface area contributed by atoms with Gasteiger partial charge in [0.2, 0.25) is 5.91 Å². The number of para-hydroxylation sites is 1. The molecule has 3 aromatic rings. The summed E-state index contributed by atoms with van der Waals surface area (Å²) in [5.74, 6) is 0.647. The Balaban J connectivity index is 1.35. The molecule has 3 amide bonds. The molecule has 0 atom stereocenters. The lowest BCUT2D eigenvalue weighted by atomic mass is 10.1. The number of amides is 3. The zero-order valence-corrected chi connectivity index (χ0v) is 29.1. The molecule has 0 aromatic heterocycles. The van der Waals surface area contributed by atoms with E-state index in [2.05, 4.69) is 22.6 Å². The van der Waals surface area contributed by atoms with E-state index in [1.807, 2.05) is 43.0 Å². The molecule has 1 saturated heterocycles. The number of nitrogens with one attached hydrogen (secondary N) is 2. The summed E-state index contributed by atoms with van der Waals surface area (Å²) in [5.41, 5.74) is 9.17. The van der Waals surface area contributed by atoms with E-state index in [1.165, 1.54) is 0 Å². The smallest absolute Gasteiger partial charge is 0.259 e. The molecule has 0 radical (unpaired) electrons. The van der Waals surface area contributed by atoms with E-state index in [4.69, 9.17) is 19.9 Å². The van der Waals surface area contributed by atoms with Gasteiger partial charge in [-0.15, -0.1) is 0 Å². The number of piperazine rings is 1. The first-order valence-corrected chi connectivity index (χ1v) is 17.2. The van der Waals surface area contributed by atoms with Crippen LogP contribution in [0.15, 0.2) is 60.7 Å². The Hall–Kier alpha value is -4.45.